The minimum absolute atomic E-state index is 0.106. The largest absolute Gasteiger partial charge is 0.375 e. The van der Waals surface area contributed by atoms with Crippen molar-refractivity contribution in [1.29, 1.82) is 0 Å². The molecular weight excluding hydrogens is 246 g/mol. The van der Waals surface area contributed by atoms with Crippen LogP contribution >= 0.6 is 11.3 Å². The zero-order valence-corrected chi connectivity index (χ0v) is 10.4. The predicted octanol–water partition coefficient (Wildman–Crippen LogP) is 2.18. The van der Waals surface area contributed by atoms with Gasteiger partial charge in [-0.2, -0.15) is 0 Å². The lowest BCUT2D eigenvalue weighted by Crippen LogP contribution is -2.36. The molecule has 98 valence electrons. The predicted molar refractivity (Wildman–Crippen MR) is 65.2 cm³/mol. The van der Waals surface area contributed by atoms with Crippen LogP contribution < -0.4 is 11.3 Å². The summed E-state index contributed by atoms with van der Waals surface area (Å²) in [6.07, 6.45) is 0.0794. The molecule has 1 unspecified atom stereocenters. The summed E-state index contributed by atoms with van der Waals surface area (Å²) in [7, 11) is 0. The van der Waals surface area contributed by atoms with Gasteiger partial charge in [0.05, 0.1) is 0 Å². The summed E-state index contributed by atoms with van der Waals surface area (Å²) >= 11 is 1.71. The molecule has 0 saturated heterocycles. The van der Waals surface area contributed by atoms with Gasteiger partial charge in [0, 0.05) is 17.5 Å². The standard InChI is InChI=1S/C11H18F2N2OS/c12-11(13)8-16-6-5-9(15-14)3-4-10-2-1-7-17-10/h1-2,7,9,11,15H,3-6,8,14H2. The van der Waals surface area contributed by atoms with E-state index in [-0.39, 0.29) is 6.04 Å². The van der Waals surface area contributed by atoms with Gasteiger partial charge in [-0.25, -0.2) is 8.78 Å². The molecule has 0 aliphatic carbocycles. The third-order valence-corrected chi connectivity index (χ3v) is 3.35. The molecule has 0 saturated carbocycles. The molecule has 0 aliphatic rings. The molecule has 1 heterocycles. The quantitative estimate of drug-likeness (QED) is 0.408. The molecule has 1 atom stereocenters. The summed E-state index contributed by atoms with van der Waals surface area (Å²) in [4.78, 5) is 1.30. The Hall–Kier alpha value is -0.560. The van der Waals surface area contributed by atoms with E-state index in [0.29, 0.717) is 13.0 Å². The van der Waals surface area contributed by atoms with Crippen molar-refractivity contribution in [3.8, 4) is 0 Å². The first-order valence-electron chi connectivity index (χ1n) is 5.56. The first kappa shape index (κ1) is 14.5. The Morgan fingerprint density at radius 3 is 2.82 bits per heavy atom. The number of hydrogen-bond donors (Lipinski definition) is 2. The molecule has 0 radical (unpaired) electrons. The molecule has 3 nitrogen and oxygen atoms in total. The van der Waals surface area contributed by atoms with Crippen molar-refractivity contribution in [1.82, 2.24) is 5.43 Å². The normalized spacial score (nSPS) is 13.2. The second-order valence-electron chi connectivity index (χ2n) is 3.74. The van der Waals surface area contributed by atoms with Crippen molar-refractivity contribution in [3.05, 3.63) is 22.4 Å². The molecule has 17 heavy (non-hydrogen) atoms. The van der Waals surface area contributed by atoms with Gasteiger partial charge in [0.25, 0.3) is 6.43 Å². The van der Waals surface area contributed by atoms with Crippen LogP contribution in [-0.2, 0) is 11.2 Å². The van der Waals surface area contributed by atoms with E-state index in [0.717, 1.165) is 12.8 Å². The van der Waals surface area contributed by atoms with E-state index in [9.17, 15) is 8.78 Å². The highest BCUT2D eigenvalue weighted by atomic mass is 32.1. The van der Waals surface area contributed by atoms with Crippen LogP contribution in [0.5, 0.6) is 0 Å². The van der Waals surface area contributed by atoms with Crippen LogP contribution in [0.4, 0.5) is 8.78 Å². The number of nitrogens with one attached hydrogen (secondary N) is 1. The van der Waals surface area contributed by atoms with Crippen molar-refractivity contribution in [3.63, 3.8) is 0 Å². The average molecular weight is 264 g/mol. The van der Waals surface area contributed by atoms with Crippen molar-refractivity contribution in [2.75, 3.05) is 13.2 Å². The van der Waals surface area contributed by atoms with E-state index >= 15 is 0 Å². The number of hydrogen-bond acceptors (Lipinski definition) is 4. The lowest BCUT2D eigenvalue weighted by atomic mass is 10.1. The maximum atomic E-state index is 11.8. The first-order valence-corrected chi connectivity index (χ1v) is 6.44. The maximum Gasteiger partial charge on any atom is 0.261 e. The summed E-state index contributed by atoms with van der Waals surface area (Å²) < 4.78 is 28.4. The molecule has 3 N–H and O–H groups in total. The summed E-state index contributed by atoms with van der Waals surface area (Å²) in [6, 6.07) is 4.19. The SMILES string of the molecule is NNC(CCOCC(F)F)CCc1cccs1. The molecule has 0 spiro atoms. The van der Waals surface area contributed by atoms with Gasteiger partial charge >= 0.3 is 0 Å². The van der Waals surface area contributed by atoms with Crippen molar-refractivity contribution >= 4 is 11.3 Å². The Labute approximate surface area is 104 Å². The molecule has 1 aromatic rings. The van der Waals surface area contributed by atoms with Crippen molar-refractivity contribution in [2.24, 2.45) is 5.84 Å². The first-order chi connectivity index (χ1) is 8.22. The molecule has 0 amide bonds. The van der Waals surface area contributed by atoms with Crippen LogP contribution in [0.15, 0.2) is 17.5 Å². The lowest BCUT2D eigenvalue weighted by Gasteiger charge is -2.15. The minimum Gasteiger partial charge on any atom is -0.375 e. The number of halogens is 2. The molecule has 0 bridgehead atoms. The highest BCUT2D eigenvalue weighted by Crippen LogP contribution is 2.13. The van der Waals surface area contributed by atoms with E-state index in [1.807, 2.05) is 11.4 Å². The maximum absolute atomic E-state index is 11.8. The topological polar surface area (TPSA) is 47.3 Å². The second-order valence-corrected chi connectivity index (χ2v) is 4.77. The molecule has 0 aliphatic heterocycles. The van der Waals surface area contributed by atoms with Gasteiger partial charge in [-0.15, -0.1) is 11.3 Å². The van der Waals surface area contributed by atoms with E-state index in [2.05, 4.69) is 11.5 Å². The number of hydrazine groups is 1. The number of rotatable bonds is 9. The average Bonchev–Trinajstić information content (AvgIpc) is 2.81. The zero-order chi connectivity index (χ0) is 12.5. The molecule has 0 aromatic carbocycles. The fourth-order valence-electron chi connectivity index (χ4n) is 1.48. The highest BCUT2D eigenvalue weighted by molar-refractivity contribution is 7.09. The van der Waals surface area contributed by atoms with Gasteiger partial charge in [0.1, 0.15) is 6.61 Å². The monoisotopic (exact) mass is 264 g/mol. The summed E-state index contributed by atoms with van der Waals surface area (Å²) in [5, 5.41) is 2.03. The van der Waals surface area contributed by atoms with Crippen LogP contribution in [0.1, 0.15) is 17.7 Å². The van der Waals surface area contributed by atoms with Crippen LogP contribution in [-0.4, -0.2) is 25.7 Å². The van der Waals surface area contributed by atoms with Gasteiger partial charge < -0.3 is 4.74 Å². The lowest BCUT2D eigenvalue weighted by molar-refractivity contribution is 0.0142. The van der Waals surface area contributed by atoms with Crippen molar-refractivity contribution in [2.45, 2.75) is 31.7 Å². The summed E-state index contributed by atoms with van der Waals surface area (Å²) in [5.41, 5.74) is 2.69. The fraction of sp³-hybridized carbons (Fsp3) is 0.636. The number of thiophene rings is 1. The smallest absolute Gasteiger partial charge is 0.261 e. The van der Waals surface area contributed by atoms with E-state index in [4.69, 9.17) is 10.6 Å². The van der Waals surface area contributed by atoms with Gasteiger partial charge in [0.15, 0.2) is 0 Å². The third kappa shape index (κ3) is 6.68. The van der Waals surface area contributed by atoms with E-state index in [1.54, 1.807) is 11.3 Å². The molecule has 1 aromatic heterocycles. The summed E-state index contributed by atoms with van der Waals surface area (Å²) in [6.45, 7) is -0.189. The Balaban J connectivity index is 2.11. The van der Waals surface area contributed by atoms with Crippen LogP contribution in [0.25, 0.3) is 0 Å². The highest BCUT2D eigenvalue weighted by Gasteiger charge is 2.08. The van der Waals surface area contributed by atoms with Crippen LogP contribution in [0.3, 0.4) is 0 Å². The number of aryl methyl sites for hydroxylation is 1. The number of ether oxygens (including phenoxy) is 1. The van der Waals surface area contributed by atoms with Gasteiger partial charge in [-0.05, 0) is 30.7 Å². The second kappa shape index (κ2) is 8.52. The minimum atomic E-state index is -2.40. The van der Waals surface area contributed by atoms with Gasteiger partial charge in [-0.1, -0.05) is 6.07 Å². The van der Waals surface area contributed by atoms with E-state index < -0.39 is 13.0 Å². The Morgan fingerprint density at radius 1 is 1.41 bits per heavy atom. The fourth-order valence-corrected chi connectivity index (χ4v) is 2.21. The van der Waals surface area contributed by atoms with Gasteiger partial charge in [-0.3, -0.25) is 11.3 Å². The Morgan fingerprint density at radius 2 is 2.24 bits per heavy atom. The van der Waals surface area contributed by atoms with Crippen molar-refractivity contribution < 1.29 is 13.5 Å². The third-order valence-electron chi connectivity index (χ3n) is 2.41. The van der Waals surface area contributed by atoms with Crippen LogP contribution in [0, 0.1) is 0 Å². The molecule has 6 heteroatoms. The Kier molecular flexibility index (Phi) is 7.27. The molecule has 1 rings (SSSR count). The number of alkyl halides is 2. The van der Waals surface area contributed by atoms with Crippen LogP contribution in [0.2, 0.25) is 0 Å². The number of nitrogens with two attached hydrogens (primary N) is 1. The van der Waals surface area contributed by atoms with Gasteiger partial charge in [0.2, 0.25) is 0 Å². The molecular formula is C11H18F2N2OS. The Bertz CT molecular complexity index is 283. The zero-order valence-electron chi connectivity index (χ0n) is 9.57. The van der Waals surface area contributed by atoms with E-state index in [1.165, 1.54) is 4.88 Å². The summed E-state index contributed by atoms with van der Waals surface area (Å²) in [5.74, 6) is 5.40. The molecule has 0 fully saturated rings.